The Morgan fingerprint density at radius 2 is 2.04 bits per heavy atom. The minimum atomic E-state index is -0.0526. The number of benzene rings is 1. The second kappa shape index (κ2) is 6.62. The Kier molecular flexibility index (Phi) is 4.38. The van der Waals surface area contributed by atoms with Gasteiger partial charge < -0.3 is 4.90 Å². The molecular formula is C19H19N3O. The lowest BCUT2D eigenvalue weighted by atomic mass is 9.93. The Labute approximate surface area is 136 Å². The van der Waals surface area contributed by atoms with Gasteiger partial charge in [-0.3, -0.25) is 9.78 Å². The maximum Gasteiger partial charge on any atom is 0.226 e. The maximum atomic E-state index is 12.5. The molecule has 1 aliphatic rings. The molecule has 4 nitrogen and oxygen atoms in total. The SMILES string of the molecule is CN1C(=O)C(Cc2ccncc2C#N)C[C@@H]1Cc1ccccc1. The smallest absolute Gasteiger partial charge is 0.226 e. The van der Waals surface area contributed by atoms with Crippen molar-refractivity contribution in [1.29, 1.82) is 5.26 Å². The molecule has 1 fully saturated rings. The molecule has 0 N–H and O–H groups in total. The Morgan fingerprint density at radius 1 is 1.26 bits per heavy atom. The number of carbonyl (C=O) groups excluding carboxylic acids is 1. The molecule has 0 saturated carbocycles. The Balaban J connectivity index is 1.73. The van der Waals surface area contributed by atoms with Crippen molar-refractivity contribution in [1.82, 2.24) is 9.88 Å². The molecule has 1 amide bonds. The van der Waals surface area contributed by atoms with Gasteiger partial charge in [-0.1, -0.05) is 30.3 Å². The van der Waals surface area contributed by atoms with Gasteiger partial charge in [0.2, 0.25) is 5.91 Å². The monoisotopic (exact) mass is 305 g/mol. The second-order valence-corrected chi connectivity index (χ2v) is 6.07. The van der Waals surface area contributed by atoms with E-state index in [4.69, 9.17) is 0 Å². The van der Waals surface area contributed by atoms with Crippen molar-refractivity contribution in [2.24, 2.45) is 5.92 Å². The van der Waals surface area contributed by atoms with Crippen LogP contribution < -0.4 is 0 Å². The van der Waals surface area contributed by atoms with E-state index in [0.29, 0.717) is 12.0 Å². The van der Waals surface area contributed by atoms with Crippen molar-refractivity contribution in [3.63, 3.8) is 0 Å². The Hall–Kier alpha value is -2.67. The molecule has 1 aromatic heterocycles. The number of hydrogen-bond acceptors (Lipinski definition) is 3. The number of carbonyl (C=O) groups is 1. The van der Waals surface area contributed by atoms with E-state index in [2.05, 4.69) is 23.2 Å². The summed E-state index contributed by atoms with van der Waals surface area (Å²) in [6.07, 6.45) is 5.57. The quantitative estimate of drug-likeness (QED) is 0.872. The van der Waals surface area contributed by atoms with Gasteiger partial charge in [0.15, 0.2) is 0 Å². The van der Waals surface area contributed by atoms with E-state index in [-0.39, 0.29) is 17.9 Å². The van der Waals surface area contributed by atoms with E-state index >= 15 is 0 Å². The average molecular weight is 305 g/mol. The number of pyridine rings is 1. The number of hydrogen-bond donors (Lipinski definition) is 0. The lowest BCUT2D eigenvalue weighted by molar-refractivity contribution is -0.130. The van der Waals surface area contributed by atoms with Crippen LogP contribution in [0, 0.1) is 17.2 Å². The zero-order valence-electron chi connectivity index (χ0n) is 13.1. The second-order valence-electron chi connectivity index (χ2n) is 6.07. The van der Waals surface area contributed by atoms with Crippen LogP contribution in [-0.4, -0.2) is 28.9 Å². The molecule has 4 heteroatoms. The summed E-state index contributed by atoms with van der Waals surface area (Å²) in [7, 11) is 1.88. The first kappa shape index (κ1) is 15.2. The molecule has 23 heavy (non-hydrogen) atoms. The van der Waals surface area contributed by atoms with Crippen molar-refractivity contribution in [2.75, 3.05) is 7.05 Å². The molecule has 2 atom stereocenters. The molecule has 0 spiro atoms. The fourth-order valence-corrected chi connectivity index (χ4v) is 3.30. The normalized spacial score (nSPS) is 20.5. The van der Waals surface area contributed by atoms with E-state index < -0.39 is 0 Å². The predicted octanol–water partition coefficient (Wildman–Crippen LogP) is 2.59. The molecule has 1 saturated heterocycles. The highest BCUT2D eigenvalue weighted by Crippen LogP contribution is 2.29. The molecule has 1 aromatic carbocycles. The summed E-state index contributed by atoms with van der Waals surface area (Å²) in [5.41, 5.74) is 2.73. The van der Waals surface area contributed by atoms with Gasteiger partial charge in [-0.05, 0) is 36.5 Å². The molecule has 2 heterocycles. The molecule has 2 aromatic rings. The van der Waals surface area contributed by atoms with Gasteiger partial charge in [-0.15, -0.1) is 0 Å². The number of likely N-dealkylation sites (N-methyl/N-ethyl adjacent to an activating group) is 1. The van der Waals surface area contributed by atoms with Gasteiger partial charge in [0, 0.05) is 31.4 Å². The molecule has 1 unspecified atom stereocenters. The number of likely N-dealkylation sites (tertiary alicyclic amines) is 1. The van der Waals surface area contributed by atoms with Crippen LogP contribution in [0.25, 0.3) is 0 Å². The van der Waals surface area contributed by atoms with Crippen LogP contribution >= 0.6 is 0 Å². The van der Waals surface area contributed by atoms with Crippen LogP contribution in [0.5, 0.6) is 0 Å². The highest BCUT2D eigenvalue weighted by atomic mass is 16.2. The van der Waals surface area contributed by atoms with Crippen molar-refractivity contribution in [3.8, 4) is 6.07 Å². The molecule has 0 aliphatic carbocycles. The highest BCUT2D eigenvalue weighted by molar-refractivity contribution is 5.81. The number of aromatic nitrogens is 1. The zero-order valence-corrected chi connectivity index (χ0v) is 13.1. The van der Waals surface area contributed by atoms with Crippen LogP contribution in [0.4, 0.5) is 0 Å². The van der Waals surface area contributed by atoms with Gasteiger partial charge in [-0.2, -0.15) is 5.26 Å². The van der Waals surface area contributed by atoms with Crippen LogP contribution in [0.2, 0.25) is 0 Å². The number of nitrogens with zero attached hydrogens (tertiary/aromatic N) is 3. The third kappa shape index (κ3) is 3.24. The average Bonchev–Trinajstić information content (AvgIpc) is 2.84. The van der Waals surface area contributed by atoms with Crippen molar-refractivity contribution in [3.05, 3.63) is 65.5 Å². The topological polar surface area (TPSA) is 57.0 Å². The van der Waals surface area contributed by atoms with Gasteiger partial charge in [0.1, 0.15) is 6.07 Å². The predicted molar refractivity (Wildman–Crippen MR) is 87.5 cm³/mol. The molecule has 0 radical (unpaired) electrons. The Morgan fingerprint density at radius 3 is 2.78 bits per heavy atom. The third-order valence-electron chi connectivity index (χ3n) is 4.61. The summed E-state index contributed by atoms with van der Waals surface area (Å²) in [4.78, 5) is 18.4. The lowest BCUT2D eigenvalue weighted by Crippen LogP contribution is -2.31. The molecule has 1 aliphatic heterocycles. The first-order chi connectivity index (χ1) is 11.2. The summed E-state index contributed by atoms with van der Waals surface area (Å²) >= 11 is 0. The minimum Gasteiger partial charge on any atom is -0.342 e. The standard InChI is InChI=1S/C19H19N3O/c1-22-18(9-14-5-3-2-4-6-14)11-16(19(22)23)10-15-7-8-21-13-17(15)12-20/h2-8,13,16,18H,9-11H2,1H3/t16?,18-/m0/s1. The van der Waals surface area contributed by atoms with Crippen LogP contribution in [0.3, 0.4) is 0 Å². The van der Waals surface area contributed by atoms with Gasteiger partial charge >= 0.3 is 0 Å². The fourth-order valence-electron chi connectivity index (χ4n) is 3.30. The largest absolute Gasteiger partial charge is 0.342 e. The first-order valence-electron chi connectivity index (χ1n) is 7.82. The van der Waals surface area contributed by atoms with E-state index in [1.54, 1.807) is 12.4 Å². The molecular weight excluding hydrogens is 286 g/mol. The van der Waals surface area contributed by atoms with Crippen LogP contribution in [-0.2, 0) is 17.6 Å². The third-order valence-corrected chi connectivity index (χ3v) is 4.61. The first-order valence-corrected chi connectivity index (χ1v) is 7.82. The van der Waals surface area contributed by atoms with E-state index in [1.165, 1.54) is 5.56 Å². The molecule has 0 bridgehead atoms. The molecule has 3 rings (SSSR count). The van der Waals surface area contributed by atoms with E-state index in [0.717, 1.165) is 18.4 Å². The van der Waals surface area contributed by atoms with Gasteiger partial charge in [-0.25, -0.2) is 0 Å². The summed E-state index contributed by atoms with van der Waals surface area (Å²) in [6.45, 7) is 0. The zero-order chi connectivity index (χ0) is 16.2. The summed E-state index contributed by atoms with van der Waals surface area (Å²) in [6, 6.07) is 14.5. The number of rotatable bonds is 4. The van der Waals surface area contributed by atoms with Gasteiger partial charge in [0.05, 0.1) is 5.56 Å². The van der Waals surface area contributed by atoms with Crippen LogP contribution in [0.1, 0.15) is 23.1 Å². The Bertz CT molecular complexity index is 736. The summed E-state index contributed by atoms with van der Waals surface area (Å²) < 4.78 is 0. The highest BCUT2D eigenvalue weighted by Gasteiger charge is 2.37. The lowest BCUT2D eigenvalue weighted by Gasteiger charge is -2.19. The maximum absolute atomic E-state index is 12.5. The van der Waals surface area contributed by atoms with Crippen molar-refractivity contribution in [2.45, 2.75) is 25.3 Å². The van der Waals surface area contributed by atoms with E-state index in [1.807, 2.05) is 36.2 Å². The number of nitriles is 1. The van der Waals surface area contributed by atoms with Crippen molar-refractivity contribution < 1.29 is 4.79 Å². The minimum absolute atomic E-state index is 0.0526. The fraction of sp³-hybridized carbons (Fsp3) is 0.316. The molecule has 116 valence electrons. The van der Waals surface area contributed by atoms with Gasteiger partial charge in [0.25, 0.3) is 0 Å². The summed E-state index contributed by atoms with van der Waals surface area (Å²) in [5, 5.41) is 9.17. The van der Waals surface area contributed by atoms with E-state index in [9.17, 15) is 10.1 Å². The van der Waals surface area contributed by atoms with Crippen LogP contribution in [0.15, 0.2) is 48.8 Å². The summed E-state index contributed by atoms with van der Waals surface area (Å²) in [5.74, 6) is 0.120. The van der Waals surface area contributed by atoms with Crippen molar-refractivity contribution >= 4 is 5.91 Å². The number of amides is 1.